The number of nitrogens with one attached hydrogen (secondary N) is 1. The molecule has 0 spiro atoms. The molecule has 20 heavy (non-hydrogen) atoms. The second-order valence-electron chi connectivity index (χ2n) is 5.38. The maximum absolute atomic E-state index is 5.87. The van der Waals surface area contributed by atoms with Crippen LogP contribution in [0.5, 0.6) is 0 Å². The third-order valence-electron chi connectivity index (χ3n) is 3.71. The number of benzene rings is 1. The number of rotatable bonds is 5. The number of fused-ring (bicyclic) bond motifs is 1. The van der Waals surface area contributed by atoms with Gasteiger partial charge in [-0.15, -0.1) is 0 Å². The molecule has 1 fully saturated rings. The number of hydrogen-bond acceptors (Lipinski definition) is 3. The molecule has 1 aliphatic carbocycles. The summed E-state index contributed by atoms with van der Waals surface area (Å²) < 4.78 is 7.99. The van der Waals surface area contributed by atoms with Crippen LogP contribution in [0, 0.1) is 0 Å². The van der Waals surface area contributed by atoms with Crippen molar-refractivity contribution in [2.24, 2.45) is 0 Å². The van der Waals surface area contributed by atoms with E-state index in [4.69, 9.17) is 4.42 Å². The van der Waals surface area contributed by atoms with Gasteiger partial charge in [-0.05, 0) is 37.1 Å². The minimum Gasteiger partial charge on any atom is -0.463 e. The number of nitrogens with zero attached hydrogens (tertiary/aromatic N) is 2. The van der Waals surface area contributed by atoms with E-state index in [9.17, 15) is 0 Å². The second-order valence-corrected chi connectivity index (χ2v) is 5.38. The highest BCUT2D eigenvalue weighted by molar-refractivity contribution is 5.74. The monoisotopic (exact) mass is 267 g/mol. The molecule has 4 heteroatoms. The van der Waals surface area contributed by atoms with E-state index in [0.29, 0.717) is 6.04 Å². The second kappa shape index (κ2) is 4.80. The molecule has 4 nitrogen and oxygen atoms in total. The van der Waals surface area contributed by atoms with E-state index in [1.54, 1.807) is 0 Å². The molecule has 3 aromatic rings. The Bertz CT molecular complexity index is 724. The standard InChI is InChI=1S/C16H17N3O/c1-2-4-16-15(3-1)18-11-19(16)10-14-8-7-13(20-14)9-17-12-5-6-12/h1-4,7-8,11-12,17H,5-6,9-10H2. The van der Waals surface area contributed by atoms with Gasteiger partial charge in [0.25, 0.3) is 0 Å². The summed E-state index contributed by atoms with van der Waals surface area (Å²) in [5, 5.41) is 3.46. The molecule has 2 aromatic heterocycles. The molecule has 102 valence electrons. The van der Waals surface area contributed by atoms with Crippen molar-refractivity contribution in [1.29, 1.82) is 0 Å². The summed E-state index contributed by atoms with van der Waals surface area (Å²) in [6.45, 7) is 1.55. The zero-order valence-corrected chi connectivity index (χ0v) is 11.2. The minimum absolute atomic E-state index is 0.709. The molecule has 0 amide bonds. The molecule has 0 atom stereocenters. The van der Waals surface area contributed by atoms with E-state index >= 15 is 0 Å². The highest BCUT2D eigenvalue weighted by Crippen LogP contribution is 2.20. The Morgan fingerprint density at radius 3 is 2.90 bits per heavy atom. The van der Waals surface area contributed by atoms with Crippen molar-refractivity contribution < 1.29 is 4.42 Å². The first kappa shape index (κ1) is 11.7. The van der Waals surface area contributed by atoms with Gasteiger partial charge in [0.15, 0.2) is 0 Å². The summed E-state index contributed by atoms with van der Waals surface area (Å²) in [4.78, 5) is 4.40. The molecule has 1 saturated carbocycles. The maximum atomic E-state index is 5.87. The molecule has 1 N–H and O–H groups in total. The van der Waals surface area contributed by atoms with Gasteiger partial charge in [-0.1, -0.05) is 12.1 Å². The average Bonchev–Trinajstić information content (AvgIpc) is 3.06. The summed E-state index contributed by atoms with van der Waals surface area (Å²) in [5.41, 5.74) is 2.16. The van der Waals surface area contributed by atoms with E-state index in [1.165, 1.54) is 12.8 Å². The van der Waals surface area contributed by atoms with E-state index in [1.807, 2.05) is 24.5 Å². The lowest BCUT2D eigenvalue weighted by molar-refractivity contribution is 0.438. The SMILES string of the molecule is c1ccc2c(c1)ncn2Cc1ccc(CNC2CC2)o1. The number of imidazole rings is 1. The average molecular weight is 267 g/mol. The molecule has 1 aromatic carbocycles. The van der Waals surface area contributed by atoms with Crippen LogP contribution in [0.4, 0.5) is 0 Å². The summed E-state index contributed by atoms with van der Waals surface area (Å²) in [5.74, 6) is 1.98. The van der Waals surface area contributed by atoms with Gasteiger partial charge in [0.1, 0.15) is 11.5 Å². The van der Waals surface area contributed by atoms with Crippen molar-refractivity contribution in [1.82, 2.24) is 14.9 Å². The quantitative estimate of drug-likeness (QED) is 0.773. The summed E-state index contributed by atoms with van der Waals surface area (Å²) >= 11 is 0. The Kier molecular flexibility index (Phi) is 2.81. The first-order chi connectivity index (χ1) is 9.88. The summed E-state index contributed by atoms with van der Waals surface area (Å²) in [7, 11) is 0. The topological polar surface area (TPSA) is 43.0 Å². The number of para-hydroxylation sites is 2. The zero-order chi connectivity index (χ0) is 13.4. The first-order valence-electron chi connectivity index (χ1n) is 7.09. The Labute approximate surface area is 117 Å². The Morgan fingerprint density at radius 2 is 2.00 bits per heavy atom. The molecule has 2 heterocycles. The Balaban J connectivity index is 1.50. The van der Waals surface area contributed by atoms with Crippen LogP contribution in [0.2, 0.25) is 0 Å². The van der Waals surface area contributed by atoms with Crippen LogP contribution in [0.1, 0.15) is 24.4 Å². The van der Waals surface area contributed by atoms with Crippen molar-refractivity contribution in [2.45, 2.75) is 32.0 Å². The highest BCUT2D eigenvalue weighted by Gasteiger charge is 2.20. The van der Waals surface area contributed by atoms with Gasteiger partial charge in [0.2, 0.25) is 0 Å². The van der Waals surface area contributed by atoms with Gasteiger partial charge in [-0.25, -0.2) is 4.98 Å². The Hall–Kier alpha value is -2.07. The lowest BCUT2D eigenvalue weighted by Crippen LogP contribution is -2.14. The predicted octanol–water partition coefficient (Wildman–Crippen LogP) is 2.93. The van der Waals surface area contributed by atoms with Crippen molar-refractivity contribution in [3.63, 3.8) is 0 Å². The third kappa shape index (κ3) is 2.34. The fraction of sp³-hybridized carbons (Fsp3) is 0.312. The van der Waals surface area contributed by atoms with Crippen molar-refractivity contribution >= 4 is 11.0 Å². The largest absolute Gasteiger partial charge is 0.463 e. The van der Waals surface area contributed by atoms with Gasteiger partial charge in [-0.2, -0.15) is 0 Å². The summed E-state index contributed by atoms with van der Waals surface area (Å²) in [6.07, 6.45) is 4.47. The van der Waals surface area contributed by atoms with Crippen molar-refractivity contribution in [3.8, 4) is 0 Å². The highest BCUT2D eigenvalue weighted by atomic mass is 16.3. The lowest BCUT2D eigenvalue weighted by atomic mass is 10.3. The van der Waals surface area contributed by atoms with Crippen LogP contribution >= 0.6 is 0 Å². The van der Waals surface area contributed by atoms with Gasteiger partial charge in [-0.3, -0.25) is 0 Å². The van der Waals surface area contributed by atoms with Gasteiger partial charge >= 0.3 is 0 Å². The van der Waals surface area contributed by atoms with E-state index in [2.05, 4.69) is 33.1 Å². The minimum atomic E-state index is 0.709. The van der Waals surface area contributed by atoms with Crippen LogP contribution in [0.15, 0.2) is 47.1 Å². The fourth-order valence-electron chi connectivity index (χ4n) is 2.44. The fourth-order valence-corrected chi connectivity index (χ4v) is 2.44. The summed E-state index contributed by atoms with van der Waals surface area (Å²) in [6, 6.07) is 13.0. The van der Waals surface area contributed by atoms with Crippen LogP contribution < -0.4 is 5.32 Å². The molecule has 0 bridgehead atoms. The van der Waals surface area contributed by atoms with Crippen LogP contribution in [0.3, 0.4) is 0 Å². The molecular weight excluding hydrogens is 250 g/mol. The zero-order valence-electron chi connectivity index (χ0n) is 11.2. The van der Waals surface area contributed by atoms with E-state index < -0.39 is 0 Å². The molecule has 0 aliphatic heterocycles. The molecule has 0 radical (unpaired) electrons. The number of furan rings is 1. The third-order valence-corrected chi connectivity index (χ3v) is 3.71. The van der Waals surface area contributed by atoms with Gasteiger partial charge in [0, 0.05) is 6.04 Å². The van der Waals surface area contributed by atoms with Crippen molar-refractivity contribution in [2.75, 3.05) is 0 Å². The first-order valence-corrected chi connectivity index (χ1v) is 7.09. The smallest absolute Gasteiger partial charge is 0.124 e. The van der Waals surface area contributed by atoms with Gasteiger partial charge < -0.3 is 14.3 Å². The number of aromatic nitrogens is 2. The van der Waals surface area contributed by atoms with E-state index in [-0.39, 0.29) is 0 Å². The van der Waals surface area contributed by atoms with Crippen molar-refractivity contribution in [3.05, 3.63) is 54.2 Å². The van der Waals surface area contributed by atoms with E-state index in [0.717, 1.165) is 35.6 Å². The number of hydrogen-bond donors (Lipinski definition) is 1. The van der Waals surface area contributed by atoms with Crippen LogP contribution in [-0.2, 0) is 13.1 Å². The lowest BCUT2D eigenvalue weighted by Gasteiger charge is -2.02. The molecule has 1 aliphatic rings. The normalized spacial score (nSPS) is 15.0. The van der Waals surface area contributed by atoms with Crippen LogP contribution in [0.25, 0.3) is 11.0 Å². The molecule has 0 unspecified atom stereocenters. The Morgan fingerprint density at radius 1 is 1.15 bits per heavy atom. The van der Waals surface area contributed by atoms with Crippen LogP contribution in [-0.4, -0.2) is 15.6 Å². The van der Waals surface area contributed by atoms with Gasteiger partial charge in [0.05, 0.1) is 30.5 Å². The molecule has 0 saturated heterocycles. The predicted molar refractivity (Wildman–Crippen MR) is 77.4 cm³/mol. The molecular formula is C16H17N3O. The molecule has 4 rings (SSSR count). The maximum Gasteiger partial charge on any atom is 0.124 e.